The Morgan fingerprint density at radius 1 is 1.20 bits per heavy atom. The lowest BCUT2D eigenvalue weighted by atomic mass is 10.2. The van der Waals surface area contributed by atoms with Crippen LogP contribution in [0, 0.1) is 0 Å². The van der Waals surface area contributed by atoms with Crippen LogP contribution in [0.1, 0.15) is 10.4 Å². The Hall–Kier alpha value is -1.92. The Balaban J connectivity index is 1.89. The van der Waals surface area contributed by atoms with Crippen molar-refractivity contribution in [3.63, 3.8) is 0 Å². The molecule has 0 radical (unpaired) electrons. The molecule has 0 fully saturated rings. The van der Waals surface area contributed by atoms with Crippen LogP contribution >= 0.6 is 27.3 Å². The number of rotatable bonds is 2. The van der Waals surface area contributed by atoms with E-state index in [0.717, 1.165) is 9.17 Å². The monoisotopic (exact) mass is 349 g/mol. The summed E-state index contributed by atoms with van der Waals surface area (Å²) < 4.78 is 5.94. The van der Waals surface area contributed by atoms with Crippen LogP contribution in [0.15, 0.2) is 54.8 Å². The third kappa shape index (κ3) is 2.66. The average molecular weight is 350 g/mol. The standard InChI is InChI=1S/C14H8BrNO3S/c15-12-6-9(7-20-12)14(18)16-10-2-3-11-8(5-10)1-4-13(17)19-11/h1-7H,(H,16,18). The number of nitrogens with one attached hydrogen (secondary N) is 1. The summed E-state index contributed by atoms with van der Waals surface area (Å²) in [6.07, 6.45) is 0. The summed E-state index contributed by atoms with van der Waals surface area (Å²) in [6, 6.07) is 9.90. The van der Waals surface area contributed by atoms with E-state index in [2.05, 4.69) is 21.2 Å². The molecule has 2 aromatic heterocycles. The van der Waals surface area contributed by atoms with Crippen molar-refractivity contribution in [3.05, 3.63) is 61.5 Å². The minimum Gasteiger partial charge on any atom is -0.423 e. The topological polar surface area (TPSA) is 59.3 Å². The van der Waals surface area contributed by atoms with Crippen molar-refractivity contribution in [1.82, 2.24) is 0 Å². The van der Waals surface area contributed by atoms with Crippen molar-refractivity contribution >= 4 is 49.8 Å². The lowest BCUT2D eigenvalue weighted by Gasteiger charge is -2.04. The van der Waals surface area contributed by atoms with Gasteiger partial charge in [-0.1, -0.05) is 0 Å². The fraction of sp³-hybridized carbons (Fsp3) is 0. The molecule has 0 aliphatic rings. The number of thiophene rings is 1. The minimum absolute atomic E-state index is 0.177. The first-order chi connectivity index (χ1) is 9.61. The second-order valence-corrected chi connectivity index (χ2v) is 6.39. The number of carbonyl (C=O) groups is 1. The van der Waals surface area contributed by atoms with Crippen molar-refractivity contribution in [2.45, 2.75) is 0 Å². The van der Waals surface area contributed by atoms with Gasteiger partial charge >= 0.3 is 5.63 Å². The normalized spacial score (nSPS) is 10.7. The molecule has 0 aliphatic heterocycles. The number of halogens is 1. The predicted molar refractivity (Wildman–Crippen MR) is 82.5 cm³/mol. The molecule has 3 aromatic rings. The molecule has 0 spiro atoms. The summed E-state index contributed by atoms with van der Waals surface area (Å²) >= 11 is 4.78. The fourth-order valence-electron chi connectivity index (χ4n) is 1.78. The highest BCUT2D eigenvalue weighted by molar-refractivity contribution is 9.11. The third-order valence-electron chi connectivity index (χ3n) is 2.71. The van der Waals surface area contributed by atoms with Crippen molar-refractivity contribution in [3.8, 4) is 0 Å². The van der Waals surface area contributed by atoms with Crippen molar-refractivity contribution in [2.75, 3.05) is 5.32 Å². The molecule has 0 aliphatic carbocycles. The number of hydrogen-bond acceptors (Lipinski definition) is 4. The summed E-state index contributed by atoms with van der Waals surface area (Å²) in [7, 11) is 0. The lowest BCUT2D eigenvalue weighted by Crippen LogP contribution is -2.10. The SMILES string of the molecule is O=C(Nc1ccc2oc(=O)ccc2c1)c1csc(Br)c1. The molecule has 20 heavy (non-hydrogen) atoms. The number of anilines is 1. The van der Waals surface area contributed by atoms with Gasteiger partial charge in [-0.2, -0.15) is 0 Å². The summed E-state index contributed by atoms with van der Waals surface area (Å²) in [5, 5.41) is 5.34. The Morgan fingerprint density at radius 2 is 2.05 bits per heavy atom. The molecule has 1 amide bonds. The van der Waals surface area contributed by atoms with Crippen LogP contribution in [-0.4, -0.2) is 5.91 Å². The first-order valence-corrected chi connectivity index (χ1v) is 7.38. The minimum atomic E-state index is -0.391. The first-order valence-electron chi connectivity index (χ1n) is 5.71. The van der Waals surface area contributed by atoms with Crippen LogP contribution in [-0.2, 0) is 0 Å². The smallest absolute Gasteiger partial charge is 0.336 e. The highest BCUT2D eigenvalue weighted by atomic mass is 79.9. The predicted octanol–water partition coefficient (Wildman–Crippen LogP) is 3.87. The largest absolute Gasteiger partial charge is 0.423 e. The maximum atomic E-state index is 12.0. The van der Waals surface area contributed by atoms with Gasteiger partial charge in [-0.15, -0.1) is 11.3 Å². The van der Waals surface area contributed by atoms with Gasteiger partial charge < -0.3 is 9.73 Å². The van der Waals surface area contributed by atoms with E-state index >= 15 is 0 Å². The molecule has 0 unspecified atom stereocenters. The van der Waals surface area contributed by atoms with Crippen LogP contribution in [0.3, 0.4) is 0 Å². The highest BCUT2D eigenvalue weighted by Crippen LogP contribution is 2.22. The van der Waals surface area contributed by atoms with E-state index in [4.69, 9.17) is 4.42 Å². The van der Waals surface area contributed by atoms with Crippen LogP contribution < -0.4 is 10.9 Å². The molecule has 2 heterocycles. The van der Waals surface area contributed by atoms with E-state index in [1.807, 2.05) is 0 Å². The molecule has 0 atom stereocenters. The molecule has 1 aromatic carbocycles. The summed E-state index contributed by atoms with van der Waals surface area (Å²) in [6.45, 7) is 0. The molecule has 6 heteroatoms. The van der Waals surface area contributed by atoms with E-state index < -0.39 is 5.63 Å². The van der Waals surface area contributed by atoms with Gasteiger partial charge in [-0.25, -0.2) is 4.79 Å². The number of hydrogen-bond donors (Lipinski definition) is 1. The van der Waals surface area contributed by atoms with Crippen LogP contribution in [0.5, 0.6) is 0 Å². The van der Waals surface area contributed by atoms with Crippen LogP contribution in [0.4, 0.5) is 5.69 Å². The molecule has 4 nitrogen and oxygen atoms in total. The summed E-state index contributed by atoms with van der Waals surface area (Å²) in [4.78, 5) is 23.1. The number of carbonyl (C=O) groups excluding carboxylic acids is 1. The second-order valence-electron chi connectivity index (χ2n) is 4.10. The maximum Gasteiger partial charge on any atom is 0.336 e. The Kier molecular flexibility index (Phi) is 3.42. The lowest BCUT2D eigenvalue weighted by molar-refractivity contribution is 0.102. The van der Waals surface area contributed by atoms with Gasteiger partial charge in [0.05, 0.1) is 9.35 Å². The molecule has 3 rings (SSSR count). The van der Waals surface area contributed by atoms with Gasteiger partial charge in [-0.3, -0.25) is 4.79 Å². The highest BCUT2D eigenvalue weighted by Gasteiger charge is 2.08. The van der Waals surface area contributed by atoms with Crippen LogP contribution in [0.25, 0.3) is 11.0 Å². The van der Waals surface area contributed by atoms with Gasteiger partial charge in [0.25, 0.3) is 5.91 Å². The van der Waals surface area contributed by atoms with Crippen molar-refractivity contribution in [2.24, 2.45) is 0 Å². The molecule has 0 bridgehead atoms. The number of amides is 1. The van der Waals surface area contributed by atoms with E-state index in [-0.39, 0.29) is 5.91 Å². The Labute approximate surface area is 126 Å². The zero-order valence-electron chi connectivity index (χ0n) is 10.1. The van der Waals surface area contributed by atoms with Gasteiger partial charge in [0.15, 0.2) is 0 Å². The quantitative estimate of drug-likeness (QED) is 0.714. The molecule has 100 valence electrons. The van der Waals surface area contributed by atoms with Gasteiger partial charge in [0.2, 0.25) is 0 Å². The van der Waals surface area contributed by atoms with Crippen molar-refractivity contribution < 1.29 is 9.21 Å². The Morgan fingerprint density at radius 3 is 2.80 bits per heavy atom. The summed E-state index contributed by atoms with van der Waals surface area (Å²) in [5.41, 5.74) is 1.35. The first kappa shape index (κ1) is 13.1. The third-order valence-corrected chi connectivity index (χ3v) is 4.21. The zero-order valence-corrected chi connectivity index (χ0v) is 12.5. The Bertz CT molecular complexity index is 853. The van der Waals surface area contributed by atoms with Gasteiger partial charge in [-0.05, 0) is 46.3 Å². The van der Waals surface area contributed by atoms with Crippen LogP contribution in [0.2, 0.25) is 0 Å². The van der Waals surface area contributed by atoms with E-state index in [1.54, 1.807) is 35.7 Å². The van der Waals surface area contributed by atoms with E-state index in [0.29, 0.717) is 16.8 Å². The molecular weight excluding hydrogens is 342 g/mol. The summed E-state index contributed by atoms with van der Waals surface area (Å²) in [5.74, 6) is -0.177. The molecule has 1 N–H and O–H groups in total. The molecule has 0 saturated heterocycles. The van der Waals surface area contributed by atoms with E-state index in [9.17, 15) is 9.59 Å². The van der Waals surface area contributed by atoms with Gasteiger partial charge in [0.1, 0.15) is 5.58 Å². The molecular formula is C14H8BrNO3S. The fourth-order valence-corrected chi connectivity index (χ4v) is 2.92. The number of fused-ring (bicyclic) bond motifs is 1. The second kappa shape index (κ2) is 5.22. The maximum absolute atomic E-state index is 12.0. The number of benzene rings is 1. The van der Waals surface area contributed by atoms with Gasteiger partial charge in [0, 0.05) is 22.5 Å². The average Bonchev–Trinajstić information content (AvgIpc) is 2.86. The molecule has 0 saturated carbocycles. The zero-order chi connectivity index (χ0) is 14.1. The van der Waals surface area contributed by atoms with Crippen molar-refractivity contribution in [1.29, 1.82) is 0 Å². The van der Waals surface area contributed by atoms with E-state index in [1.165, 1.54) is 17.4 Å².